The smallest absolute Gasteiger partial charge is 0.395 e. The van der Waals surface area contributed by atoms with Crippen LogP contribution in [0.5, 0.6) is 0 Å². The Hall–Kier alpha value is -2.93. The molecule has 126 valence electrons. The Kier molecular flexibility index (Phi) is 3.85. The number of carbonyl (C=O) groups is 1. The fourth-order valence-electron chi connectivity index (χ4n) is 3.21. The Labute approximate surface area is 147 Å². The molecule has 25 heavy (non-hydrogen) atoms. The van der Waals surface area contributed by atoms with Gasteiger partial charge in [-0.25, -0.2) is 0 Å². The third-order valence-corrected chi connectivity index (χ3v) is 5.32. The van der Waals surface area contributed by atoms with Crippen LogP contribution in [0.15, 0.2) is 58.3 Å². The van der Waals surface area contributed by atoms with Gasteiger partial charge in [0.05, 0.1) is 12.1 Å². The highest BCUT2D eigenvalue weighted by atomic mass is 32.1. The Morgan fingerprint density at radius 3 is 2.72 bits per heavy atom. The minimum atomic E-state index is -0.640. The number of thiophene rings is 1. The summed E-state index contributed by atoms with van der Waals surface area (Å²) in [6.45, 7) is 0.542. The molecule has 0 saturated heterocycles. The van der Waals surface area contributed by atoms with Gasteiger partial charge in [0.25, 0.3) is 5.91 Å². The Morgan fingerprint density at radius 2 is 2.00 bits per heavy atom. The molecule has 0 spiro atoms. The third-order valence-electron chi connectivity index (χ3n) is 4.32. The second-order valence-corrected chi connectivity index (χ2v) is 6.76. The van der Waals surface area contributed by atoms with Crippen LogP contribution in [-0.2, 0) is 6.42 Å². The van der Waals surface area contributed by atoms with Gasteiger partial charge in [0.2, 0.25) is 0 Å². The Balaban J connectivity index is 1.74. The number of rotatable bonds is 3. The lowest BCUT2D eigenvalue weighted by molar-refractivity contribution is -0.402. The average Bonchev–Trinajstić information content (AvgIpc) is 3.30. The zero-order valence-corrected chi connectivity index (χ0v) is 13.9. The second kappa shape index (κ2) is 6.18. The molecule has 0 N–H and O–H groups in total. The van der Waals surface area contributed by atoms with Crippen molar-refractivity contribution < 1.29 is 14.1 Å². The van der Waals surface area contributed by atoms with E-state index < -0.39 is 10.8 Å². The molecule has 0 saturated carbocycles. The number of nitro groups is 1. The van der Waals surface area contributed by atoms with Gasteiger partial charge in [-0.2, -0.15) is 0 Å². The lowest BCUT2D eigenvalue weighted by Gasteiger charge is -2.35. The predicted molar refractivity (Wildman–Crippen MR) is 92.7 cm³/mol. The molecular formula is C18H14N2O4S. The summed E-state index contributed by atoms with van der Waals surface area (Å²) < 4.78 is 5.13. The largest absolute Gasteiger partial charge is 0.433 e. The first-order chi connectivity index (χ1) is 12.1. The van der Waals surface area contributed by atoms with Gasteiger partial charge in [0.1, 0.15) is 4.92 Å². The topological polar surface area (TPSA) is 76.6 Å². The van der Waals surface area contributed by atoms with Crippen LogP contribution in [0.25, 0.3) is 0 Å². The molecule has 1 atom stereocenters. The maximum absolute atomic E-state index is 13.0. The van der Waals surface area contributed by atoms with Gasteiger partial charge in [-0.15, -0.1) is 11.3 Å². The minimum Gasteiger partial charge on any atom is -0.395 e. The Morgan fingerprint density at radius 1 is 1.20 bits per heavy atom. The maximum Gasteiger partial charge on any atom is 0.433 e. The standard InChI is InChI=1S/C18H14N2O4S/c21-18(14-6-7-16(24-14)20(22)23)19-10-8-15-13(9-11-25-15)17(19)12-4-2-1-3-5-12/h1-7,9,11,17H,8,10H2. The van der Waals surface area contributed by atoms with E-state index in [9.17, 15) is 14.9 Å². The van der Waals surface area contributed by atoms with Crippen molar-refractivity contribution in [1.82, 2.24) is 4.90 Å². The normalized spacial score (nSPS) is 16.5. The molecular weight excluding hydrogens is 340 g/mol. The van der Waals surface area contributed by atoms with Crippen LogP contribution in [0, 0.1) is 10.1 Å². The van der Waals surface area contributed by atoms with E-state index >= 15 is 0 Å². The summed E-state index contributed by atoms with van der Waals surface area (Å²) in [6.07, 6.45) is 0.769. The van der Waals surface area contributed by atoms with E-state index in [2.05, 4.69) is 0 Å². The number of hydrogen-bond donors (Lipinski definition) is 0. The monoisotopic (exact) mass is 354 g/mol. The highest BCUT2D eigenvalue weighted by Crippen LogP contribution is 2.38. The number of amides is 1. The van der Waals surface area contributed by atoms with Crippen molar-refractivity contribution in [3.63, 3.8) is 0 Å². The number of benzene rings is 1. The maximum atomic E-state index is 13.0. The molecule has 0 radical (unpaired) electrons. The molecule has 0 fully saturated rings. The van der Waals surface area contributed by atoms with Crippen LogP contribution in [0.1, 0.15) is 32.6 Å². The van der Waals surface area contributed by atoms with Crippen molar-refractivity contribution >= 4 is 23.1 Å². The van der Waals surface area contributed by atoms with Crippen LogP contribution < -0.4 is 0 Å². The zero-order valence-electron chi connectivity index (χ0n) is 13.1. The average molecular weight is 354 g/mol. The first-order valence-electron chi connectivity index (χ1n) is 7.81. The fourth-order valence-corrected chi connectivity index (χ4v) is 4.12. The van der Waals surface area contributed by atoms with Crippen molar-refractivity contribution in [3.8, 4) is 0 Å². The first-order valence-corrected chi connectivity index (χ1v) is 8.69. The van der Waals surface area contributed by atoms with Crippen LogP contribution >= 0.6 is 11.3 Å². The number of nitrogens with zero attached hydrogens (tertiary/aromatic N) is 2. The molecule has 4 rings (SSSR count). The molecule has 1 aliphatic heterocycles. The summed E-state index contributed by atoms with van der Waals surface area (Å²) in [6, 6.07) is 14.2. The van der Waals surface area contributed by atoms with Gasteiger partial charge in [0.15, 0.2) is 5.76 Å². The van der Waals surface area contributed by atoms with Gasteiger partial charge in [-0.3, -0.25) is 14.9 Å². The predicted octanol–water partition coefficient (Wildman–Crippen LogP) is 4.04. The molecule has 1 aliphatic rings. The number of fused-ring (bicyclic) bond motifs is 1. The molecule has 3 heterocycles. The minimum absolute atomic E-state index is 0.00805. The molecule has 0 aliphatic carbocycles. The summed E-state index contributed by atoms with van der Waals surface area (Å²) in [5, 5.41) is 12.9. The van der Waals surface area contributed by atoms with E-state index in [-0.39, 0.29) is 17.7 Å². The van der Waals surface area contributed by atoms with Crippen molar-refractivity contribution in [3.05, 3.63) is 85.8 Å². The summed E-state index contributed by atoms with van der Waals surface area (Å²) in [5.41, 5.74) is 2.12. The van der Waals surface area contributed by atoms with Gasteiger partial charge in [0, 0.05) is 11.4 Å². The lowest BCUT2D eigenvalue weighted by Crippen LogP contribution is -2.39. The van der Waals surface area contributed by atoms with E-state index in [1.165, 1.54) is 17.0 Å². The van der Waals surface area contributed by atoms with E-state index in [1.54, 1.807) is 16.2 Å². The number of carbonyl (C=O) groups excluding carboxylic acids is 1. The van der Waals surface area contributed by atoms with Crippen molar-refractivity contribution in [2.24, 2.45) is 0 Å². The number of furan rings is 1. The molecule has 1 amide bonds. The van der Waals surface area contributed by atoms with Gasteiger partial charge in [-0.05, 0) is 35.1 Å². The molecule has 7 heteroatoms. The van der Waals surface area contributed by atoms with Crippen LogP contribution in [0.3, 0.4) is 0 Å². The molecule has 0 bridgehead atoms. The molecule has 6 nitrogen and oxygen atoms in total. The van der Waals surface area contributed by atoms with E-state index in [0.29, 0.717) is 6.54 Å². The fraction of sp³-hybridized carbons (Fsp3) is 0.167. The molecule has 1 unspecified atom stereocenters. The van der Waals surface area contributed by atoms with Crippen LogP contribution in [0.4, 0.5) is 5.88 Å². The first kappa shape index (κ1) is 15.6. The van der Waals surface area contributed by atoms with Gasteiger partial charge < -0.3 is 9.32 Å². The summed E-state index contributed by atoms with van der Waals surface area (Å²) in [4.78, 5) is 26.1. The van der Waals surface area contributed by atoms with Gasteiger partial charge >= 0.3 is 5.88 Å². The molecule has 3 aromatic rings. The molecule has 2 aromatic heterocycles. The van der Waals surface area contributed by atoms with Crippen molar-refractivity contribution in [2.75, 3.05) is 6.54 Å². The van der Waals surface area contributed by atoms with Crippen LogP contribution in [0.2, 0.25) is 0 Å². The van der Waals surface area contributed by atoms with E-state index in [0.717, 1.165) is 17.5 Å². The number of hydrogen-bond acceptors (Lipinski definition) is 5. The van der Waals surface area contributed by atoms with Crippen LogP contribution in [-0.4, -0.2) is 22.3 Å². The highest BCUT2D eigenvalue weighted by Gasteiger charge is 2.34. The quantitative estimate of drug-likeness (QED) is 0.525. The molecule has 1 aromatic carbocycles. The summed E-state index contributed by atoms with van der Waals surface area (Å²) >= 11 is 1.69. The summed E-state index contributed by atoms with van der Waals surface area (Å²) in [7, 11) is 0. The second-order valence-electron chi connectivity index (χ2n) is 5.76. The van der Waals surface area contributed by atoms with Gasteiger partial charge in [-0.1, -0.05) is 30.3 Å². The Bertz CT molecular complexity index is 931. The van der Waals surface area contributed by atoms with E-state index in [1.807, 2.05) is 41.8 Å². The lowest BCUT2D eigenvalue weighted by atomic mass is 9.93. The third kappa shape index (κ3) is 2.72. The zero-order chi connectivity index (χ0) is 17.4. The SMILES string of the molecule is O=C(c1ccc([N+](=O)[O-])o1)N1CCc2sccc2C1c1ccccc1. The van der Waals surface area contributed by atoms with E-state index in [4.69, 9.17) is 4.42 Å². The van der Waals surface area contributed by atoms with Crippen molar-refractivity contribution in [1.29, 1.82) is 0 Å². The van der Waals surface area contributed by atoms with Crippen molar-refractivity contribution in [2.45, 2.75) is 12.5 Å². The highest BCUT2D eigenvalue weighted by molar-refractivity contribution is 7.10. The summed E-state index contributed by atoms with van der Waals surface area (Å²) in [5.74, 6) is -0.766.